The van der Waals surface area contributed by atoms with E-state index in [9.17, 15) is 13.2 Å². The second-order valence-corrected chi connectivity index (χ2v) is 5.34. The quantitative estimate of drug-likeness (QED) is 0.726. The Kier molecular flexibility index (Phi) is 6.99. The summed E-state index contributed by atoms with van der Waals surface area (Å²) in [4.78, 5) is 0. The third-order valence-corrected chi connectivity index (χ3v) is 3.68. The zero-order chi connectivity index (χ0) is 15.2. The highest BCUT2D eigenvalue weighted by Gasteiger charge is 2.33. The van der Waals surface area contributed by atoms with Gasteiger partial charge in [-0.3, -0.25) is 0 Å². The van der Waals surface area contributed by atoms with Gasteiger partial charge in [0.25, 0.3) is 0 Å². The summed E-state index contributed by atoms with van der Waals surface area (Å²) in [5, 5.41) is 3.22. The molecule has 1 atom stereocenters. The zero-order valence-electron chi connectivity index (χ0n) is 11.6. The van der Waals surface area contributed by atoms with E-state index in [4.69, 9.17) is 4.74 Å². The second-order valence-electron chi connectivity index (χ2n) is 4.48. The molecule has 0 aliphatic heterocycles. The normalized spacial score (nSPS) is 13.5. The molecule has 0 saturated heterocycles. The van der Waals surface area contributed by atoms with E-state index in [1.54, 1.807) is 13.2 Å². The van der Waals surface area contributed by atoms with Crippen LogP contribution in [0.4, 0.5) is 13.2 Å². The van der Waals surface area contributed by atoms with Gasteiger partial charge in [0.15, 0.2) is 0 Å². The van der Waals surface area contributed by atoms with Crippen LogP contribution in [0.2, 0.25) is 0 Å². The third-order valence-electron chi connectivity index (χ3n) is 2.99. The van der Waals surface area contributed by atoms with Gasteiger partial charge in [0.2, 0.25) is 0 Å². The summed E-state index contributed by atoms with van der Waals surface area (Å²) in [6, 6.07) is 4.30. The number of alkyl halides is 3. The molecule has 0 amide bonds. The van der Waals surface area contributed by atoms with Crippen LogP contribution < -0.4 is 5.32 Å². The molecule has 6 heteroatoms. The van der Waals surface area contributed by atoms with Gasteiger partial charge in [-0.25, -0.2) is 0 Å². The van der Waals surface area contributed by atoms with Crippen LogP contribution in [0.1, 0.15) is 36.9 Å². The topological polar surface area (TPSA) is 21.3 Å². The van der Waals surface area contributed by atoms with Gasteiger partial charge in [-0.2, -0.15) is 13.2 Å². The van der Waals surface area contributed by atoms with Gasteiger partial charge in [0.1, 0.15) is 0 Å². The van der Waals surface area contributed by atoms with Crippen LogP contribution in [-0.4, -0.2) is 20.3 Å². The molecule has 0 fully saturated rings. The summed E-state index contributed by atoms with van der Waals surface area (Å²) in [5.74, 6) is 0. The van der Waals surface area contributed by atoms with Crippen molar-refractivity contribution < 1.29 is 17.9 Å². The number of benzene rings is 1. The summed E-state index contributed by atoms with van der Waals surface area (Å²) >= 11 is 2.96. The summed E-state index contributed by atoms with van der Waals surface area (Å²) in [5.41, 5.74) is 0.0168. The van der Waals surface area contributed by atoms with Crippen LogP contribution >= 0.6 is 15.9 Å². The molecule has 0 aromatic heterocycles. The highest BCUT2D eigenvalue weighted by atomic mass is 79.9. The van der Waals surface area contributed by atoms with Gasteiger partial charge >= 0.3 is 6.18 Å². The van der Waals surface area contributed by atoms with Gasteiger partial charge in [-0.05, 0) is 37.1 Å². The number of rotatable bonds is 7. The summed E-state index contributed by atoms with van der Waals surface area (Å²) in [6.07, 6.45) is -2.82. The molecule has 20 heavy (non-hydrogen) atoms. The molecule has 0 aliphatic carbocycles. The number of nitrogens with one attached hydrogen (secondary N) is 1. The van der Waals surface area contributed by atoms with Crippen molar-refractivity contribution in [1.29, 1.82) is 0 Å². The van der Waals surface area contributed by atoms with Crippen LogP contribution in [0.5, 0.6) is 0 Å². The summed E-state index contributed by atoms with van der Waals surface area (Å²) in [6.45, 7) is 3.24. The molecule has 1 N–H and O–H groups in total. The fourth-order valence-electron chi connectivity index (χ4n) is 2.04. The van der Waals surface area contributed by atoms with Gasteiger partial charge in [-0.1, -0.05) is 28.9 Å². The predicted octanol–water partition coefficient (Wildman–Crippen LogP) is 4.55. The van der Waals surface area contributed by atoms with E-state index in [1.165, 1.54) is 12.1 Å². The maximum absolute atomic E-state index is 12.9. The molecule has 114 valence electrons. The molecule has 0 heterocycles. The van der Waals surface area contributed by atoms with Crippen LogP contribution in [0.25, 0.3) is 0 Å². The first kappa shape index (κ1) is 17.5. The van der Waals surface area contributed by atoms with Gasteiger partial charge < -0.3 is 10.1 Å². The zero-order valence-corrected chi connectivity index (χ0v) is 13.1. The minimum atomic E-state index is -4.35. The molecular formula is C14H19BrF3NO. The van der Waals surface area contributed by atoms with E-state index < -0.39 is 11.7 Å². The molecule has 0 spiro atoms. The first-order valence-electron chi connectivity index (χ1n) is 6.49. The van der Waals surface area contributed by atoms with Crippen molar-refractivity contribution in [3.8, 4) is 0 Å². The number of methoxy groups -OCH3 is 1. The van der Waals surface area contributed by atoms with Crippen molar-refractivity contribution in [2.45, 2.75) is 32.0 Å². The Hall–Kier alpha value is -0.590. The van der Waals surface area contributed by atoms with Gasteiger partial charge in [0, 0.05) is 24.2 Å². The molecule has 1 aromatic carbocycles. The van der Waals surface area contributed by atoms with Crippen LogP contribution in [0.15, 0.2) is 22.7 Å². The number of hydrogen-bond donors (Lipinski definition) is 1. The Balaban J connectivity index is 2.96. The number of ether oxygens (including phenoxy) is 1. The van der Waals surface area contributed by atoms with Crippen LogP contribution in [0, 0.1) is 0 Å². The lowest BCUT2D eigenvalue weighted by molar-refractivity contribution is -0.138. The Labute approximate surface area is 125 Å². The van der Waals surface area contributed by atoms with E-state index in [2.05, 4.69) is 21.2 Å². The van der Waals surface area contributed by atoms with E-state index in [0.29, 0.717) is 18.7 Å². The average Bonchev–Trinajstić information content (AvgIpc) is 2.37. The molecule has 1 aromatic rings. The first-order chi connectivity index (χ1) is 9.40. The summed E-state index contributed by atoms with van der Waals surface area (Å²) < 4.78 is 43.8. The fourth-order valence-corrected chi connectivity index (χ4v) is 2.51. The van der Waals surface area contributed by atoms with Crippen molar-refractivity contribution in [3.63, 3.8) is 0 Å². The van der Waals surface area contributed by atoms with E-state index in [0.717, 1.165) is 12.8 Å². The average molecular weight is 354 g/mol. The molecule has 0 bridgehead atoms. The van der Waals surface area contributed by atoms with E-state index >= 15 is 0 Å². The highest BCUT2D eigenvalue weighted by molar-refractivity contribution is 9.10. The first-order valence-corrected chi connectivity index (χ1v) is 7.28. The fraction of sp³-hybridized carbons (Fsp3) is 0.571. The maximum Gasteiger partial charge on any atom is 0.417 e. The summed E-state index contributed by atoms with van der Waals surface area (Å²) in [7, 11) is 1.61. The smallest absolute Gasteiger partial charge is 0.385 e. The van der Waals surface area contributed by atoms with E-state index in [1.807, 2.05) is 6.92 Å². The number of hydrogen-bond acceptors (Lipinski definition) is 2. The van der Waals surface area contributed by atoms with Crippen molar-refractivity contribution in [1.82, 2.24) is 5.32 Å². The third kappa shape index (κ3) is 5.07. The van der Waals surface area contributed by atoms with Crippen LogP contribution in [0.3, 0.4) is 0 Å². The molecule has 0 saturated carbocycles. The van der Waals surface area contributed by atoms with Crippen molar-refractivity contribution >= 4 is 15.9 Å². The predicted molar refractivity (Wildman–Crippen MR) is 76.7 cm³/mol. The molecule has 2 nitrogen and oxygen atoms in total. The molecule has 1 unspecified atom stereocenters. The monoisotopic (exact) mass is 353 g/mol. The lowest BCUT2D eigenvalue weighted by Crippen LogP contribution is -2.22. The van der Waals surface area contributed by atoms with E-state index in [-0.39, 0.29) is 10.5 Å². The van der Waals surface area contributed by atoms with Crippen molar-refractivity contribution in [2.75, 3.05) is 20.3 Å². The molecule has 1 rings (SSSR count). The Bertz CT molecular complexity index is 423. The highest BCUT2D eigenvalue weighted by Crippen LogP contribution is 2.36. The maximum atomic E-state index is 12.9. The molecule has 0 radical (unpaired) electrons. The minimum absolute atomic E-state index is 0.0703. The molecule has 0 aliphatic rings. The minimum Gasteiger partial charge on any atom is -0.385 e. The van der Waals surface area contributed by atoms with Crippen molar-refractivity contribution in [2.24, 2.45) is 0 Å². The lowest BCUT2D eigenvalue weighted by Gasteiger charge is -2.20. The largest absolute Gasteiger partial charge is 0.417 e. The number of halogens is 4. The van der Waals surface area contributed by atoms with Gasteiger partial charge in [-0.15, -0.1) is 0 Å². The van der Waals surface area contributed by atoms with Gasteiger partial charge in [0.05, 0.1) is 5.56 Å². The Morgan fingerprint density at radius 2 is 2.05 bits per heavy atom. The Morgan fingerprint density at radius 3 is 2.60 bits per heavy atom. The Morgan fingerprint density at radius 1 is 1.35 bits per heavy atom. The molecular weight excluding hydrogens is 335 g/mol. The SMILES string of the molecule is CCNC(CCCOC)c1ccc(Br)c(C(F)(F)F)c1. The standard InChI is InChI=1S/C14H19BrF3NO/c1-3-19-13(5-4-8-20-2)10-6-7-12(15)11(9-10)14(16,17)18/h6-7,9,13,19H,3-5,8H2,1-2H3. The van der Waals surface area contributed by atoms with Crippen LogP contribution in [-0.2, 0) is 10.9 Å². The second kappa shape index (κ2) is 8.00. The lowest BCUT2D eigenvalue weighted by atomic mass is 9.99. The van der Waals surface area contributed by atoms with Crippen molar-refractivity contribution in [3.05, 3.63) is 33.8 Å².